The molecule has 0 N–H and O–H groups in total. The molecule has 1 rings (SSSR count). The average molecular weight is 192 g/mol. The fraction of sp³-hybridized carbons (Fsp3) is 0.417. The van der Waals surface area contributed by atoms with Crippen molar-refractivity contribution in [1.82, 2.24) is 0 Å². The summed E-state index contributed by atoms with van der Waals surface area (Å²) < 4.78 is 5.22. The van der Waals surface area contributed by atoms with E-state index in [1.165, 1.54) is 6.92 Å². The van der Waals surface area contributed by atoms with E-state index in [-0.39, 0.29) is 5.97 Å². The quantitative estimate of drug-likeness (QED) is 0.543. The van der Waals surface area contributed by atoms with Gasteiger partial charge in [-0.05, 0) is 24.0 Å². The molecule has 2 heteroatoms. The SMILES string of the molecule is CCc1cccc(CC)c1OC(C)=O. The summed E-state index contributed by atoms with van der Waals surface area (Å²) in [6.45, 7) is 5.55. The molecule has 1 aromatic rings. The van der Waals surface area contributed by atoms with Crippen LogP contribution in [-0.4, -0.2) is 5.97 Å². The molecule has 0 aromatic heterocycles. The summed E-state index contributed by atoms with van der Waals surface area (Å²) in [5.41, 5.74) is 2.19. The van der Waals surface area contributed by atoms with Gasteiger partial charge < -0.3 is 4.74 Å². The van der Waals surface area contributed by atoms with Gasteiger partial charge in [-0.15, -0.1) is 0 Å². The first-order chi connectivity index (χ1) is 6.69. The highest BCUT2D eigenvalue weighted by molar-refractivity contribution is 5.70. The van der Waals surface area contributed by atoms with Crippen LogP contribution in [0.1, 0.15) is 31.9 Å². The van der Waals surface area contributed by atoms with E-state index in [9.17, 15) is 4.79 Å². The highest BCUT2D eigenvalue weighted by Crippen LogP contribution is 2.25. The molecule has 0 amide bonds. The minimum atomic E-state index is -0.249. The minimum absolute atomic E-state index is 0.249. The molecule has 0 heterocycles. The maximum Gasteiger partial charge on any atom is 0.308 e. The van der Waals surface area contributed by atoms with Gasteiger partial charge in [0.1, 0.15) is 5.75 Å². The van der Waals surface area contributed by atoms with Gasteiger partial charge in [-0.2, -0.15) is 0 Å². The molecule has 76 valence electrons. The first-order valence-electron chi connectivity index (χ1n) is 4.98. The van der Waals surface area contributed by atoms with E-state index in [1.807, 2.05) is 18.2 Å². The number of hydrogen-bond donors (Lipinski definition) is 0. The molecular formula is C12H16O2. The van der Waals surface area contributed by atoms with Crippen molar-refractivity contribution in [3.63, 3.8) is 0 Å². The Morgan fingerprint density at radius 2 is 1.71 bits per heavy atom. The van der Waals surface area contributed by atoms with Crippen LogP contribution < -0.4 is 4.74 Å². The minimum Gasteiger partial charge on any atom is -0.426 e. The summed E-state index contributed by atoms with van der Waals surface area (Å²) in [6, 6.07) is 6.00. The van der Waals surface area contributed by atoms with Crippen molar-refractivity contribution in [3.05, 3.63) is 29.3 Å². The van der Waals surface area contributed by atoms with E-state index in [1.54, 1.807) is 0 Å². The van der Waals surface area contributed by atoms with Gasteiger partial charge in [0.2, 0.25) is 0 Å². The summed E-state index contributed by atoms with van der Waals surface area (Å²) in [7, 11) is 0. The Balaban J connectivity index is 3.12. The normalized spacial score (nSPS) is 9.93. The lowest BCUT2D eigenvalue weighted by atomic mass is 10.1. The highest BCUT2D eigenvalue weighted by Gasteiger charge is 2.08. The van der Waals surface area contributed by atoms with Gasteiger partial charge in [0.15, 0.2) is 0 Å². The van der Waals surface area contributed by atoms with E-state index < -0.39 is 0 Å². The number of carbonyl (C=O) groups is 1. The van der Waals surface area contributed by atoms with Gasteiger partial charge in [0.25, 0.3) is 0 Å². The van der Waals surface area contributed by atoms with E-state index >= 15 is 0 Å². The predicted molar refractivity (Wildman–Crippen MR) is 56.5 cm³/mol. The van der Waals surface area contributed by atoms with Gasteiger partial charge in [-0.25, -0.2) is 0 Å². The first kappa shape index (κ1) is 10.8. The monoisotopic (exact) mass is 192 g/mol. The maximum atomic E-state index is 10.9. The van der Waals surface area contributed by atoms with Crippen LogP contribution in [0.25, 0.3) is 0 Å². The Morgan fingerprint density at radius 3 is 2.07 bits per heavy atom. The van der Waals surface area contributed by atoms with Crippen LogP contribution >= 0.6 is 0 Å². The third-order valence-electron chi connectivity index (χ3n) is 2.19. The zero-order valence-corrected chi connectivity index (χ0v) is 8.96. The maximum absolute atomic E-state index is 10.9. The van der Waals surface area contributed by atoms with Crippen molar-refractivity contribution in [2.45, 2.75) is 33.6 Å². The molecule has 0 atom stereocenters. The Labute approximate surface area is 84.9 Å². The summed E-state index contributed by atoms with van der Waals surface area (Å²) in [6.07, 6.45) is 1.77. The number of esters is 1. The number of ether oxygens (including phenoxy) is 1. The first-order valence-corrected chi connectivity index (χ1v) is 4.98. The number of carbonyl (C=O) groups excluding carboxylic acids is 1. The van der Waals surface area contributed by atoms with Crippen LogP contribution in [-0.2, 0) is 17.6 Å². The Kier molecular flexibility index (Phi) is 3.69. The third-order valence-corrected chi connectivity index (χ3v) is 2.19. The van der Waals surface area contributed by atoms with Crippen LogP contribution in [0.4, 0.5) is 0 Å². The van der Waals surface area contributed by atoms with Crippen molar-refractivity contribution < 1.29 is 9.53 Å². The van der Waals surface area contributed by atoms with Gasteiger partial charge in [-0.1, -0.05) is 32.0 Å². The van der Waals surface area contributed by atoms with Gasteiger partial charge >= 0.3 is 5.97 Å². The molecule has 0 bridgehead atoms. The van der Waals surface area contributed by atoms with E-state index in [0.717, 1.165) is 29.7 Å². The van der Waals surface area contributed by atoms with E-state index in [2.05, 4.69) is 13.8 Å². The molecule has 0 unspecified atom stereocenters. The Bertz CT molecular complexity index is 307. The van der Waals surface area contributed by atoms with Crippen molar-refractivity contribution in [2.75, 3.05) is 0 Å². The summed E-state index contributed by atoms with van der Waals surface area (Å²) in [5.74, 6) is 0.505. The highest BCUT2D eigenvalue weighted by atomic mass is 16.5. The number of hydrogen-bond acceptors (Lipinski definition) is 2. The van der Waals surface area contributed by atoms with Crippen LogP contribution in [0.15, 0.2) is 18.2 Å². The second kappa shape index (κ2) is 4.80. The molecule has 0 saturated carbocycles. The molecule has 14 heavy (non-hydrogen) atoms. The molecule has 0 radical (unpaired) electrons. The average Bonchev–Trinajstić information content (AvgIpc) is 2.17. The molecule has 0 saturated heterocycles. The number of benzene rings is 1. The molecule has 0 aliphatic heterocycles. The molecular weight excluding hydrogens is 176 g/mol. The van der Waals surface area contributed by atoms with Crippen LogP contribution in [0.5, 0.6) is 5.75 Å². The summed E-state index contributed by atoms with van der Waals surface area (Å²) in [4.78, 5) is 10.9. The summed E-state index contributed by atoms with van der Waals surface area (Å²) >= 11 is 0. The number of rotatable bonds is 3. The lowest BCUT2D eigenvalue weighted by Crippen LogP contribution is -2.06. The molecule has 0 aliphatic rings. The second-order valence-corrected chi connectivity index (χ2v) is 3.21. The van der Waals surface area contributed by atoms with Gasteiger partial charge in [-0.3, -0.25) is 4.79 Å². The third kappa shape index (κ3) is 2.34. The van der Waals surface area contributed by atoms with Crippen LogP contribution in [0, 0.1) is 0 Å². The molecule has 0 fully saturated rings. The van der Waals surface area contributed by atoms with Crippen molar-refractivity contribution in [1.29, 1.82) is 0 Å². The summed E-state index contributed by atoms with van der Waals surface area (Å²) in [5, 5.41) is 0. The fourth-order valence-corrected chi connectivity index (χ4v) is 1.47. The van der Waals surface area contributed by atoms with Crippen LogP contribution in [0.3, 0.4) is 0 Å². The van der Waals surface area contributed by atoms with E-state index in [4.69, 9.17) is 4.74 Å². The number of aryl methyl sites for hydroxylation is 2. The van der Waals surface area contributed by atoms with Gasteiger partial charge in [0.05, 0.1) is 0 Å². The predicted octanol–water partition coefficient (Wildman–Crippen LogP) is 2.74. The van der Waals surface area contributed by atoms with Gasteiger partial charge in [0, 0.05) is 6.92 Å². The zero-order valence-electron chi connectivity index (χ0n) is 8.96. The Hall–Kier alpha value is -1.31. The van der Waals surface area contributed by atoms with Crippen molar-refractivity contribution in [2.24, 2.45) is 0 Å². The van der Waals surface area contributed by atoms with Crippen molar-refractivity contribution >= 4 is 5.97 Å². The Morgan fingerprint density at radius 1 is 1.21 bits per heavy atom. The van der Waals surface area contributed by atoms with E-state index in [0.29, 0.717) is 0 Å². The topological polar surface area (TPSA) is 26.3 Å². The lowest BCUT2D eigenvalue weighted by Gasteiger charge is -2.11. The molecule has 1 aromatic carbocycles. The molecule has 2 nitrogen and oxygen atoms in total. The molecule has 0 aliphatic carbocycles. The fourth-order valence-electron chi connectivity index (χ4n) is 1.47. The standard InChI is InChI=1S/C12H16O2/c1-4-10-7-6-8-11(5-2)12(10)14-9(3)13/h6-8H,4-5H2,1-3H3. The number of para-hydroxylation sites is 1. The zero-order chi connectivity index (χ0) is 10.6. The van der Waals surface area contributed by atoms with Crippen LogP contribution in [0.2, 0.25) is 0 Å². The molecule has 0 spiro atoms. The smallest absolute Gasteiger partial charge is 0.308 e. The van der Waals surface area contributed by atoms with Crippen molar-refractivity contribution in [3.8, 4) is 5.75 Å². The second-order valence-electron chi connectivity index (χ2n) is 3.21. The largest absolute Gasteiger partial charge is 0.426 e. The lowest BCUT2D eigenvalue weighted by molar-refractivity contribution is -0.132.